The second-order valence-electron chi connectivity index (χ2n) is 1.69. The zero-order chi connectivity index (χ0) is 6.41. The van der Waals surface area contributed by atoms with E-state index >= 15 is 0 Å². The van der Waals surface area contributed by atoms with Crippen LogP contribution < -0.4 is 0 Å². The van der Waals surface area contributed by atoms with Gasteiger partial charge in [-0.1, -0.05) is 11.6 Å². The predicted octanol–water partition coefficient (Wildman–Crippen LogP) is 1.80. The van der Waals surface area contributed by atoms with Crippen molar-refractivity contribution < 1.29 is 4.74 Å². The van der Waals surface area contributed by atoms with Crippen LogP contribution in [0.3, 0.4) is 0 Å². The Kier molecular flexibility index (Phi) is 4.67. The summed E-state index contributed by atoms with van der Waals surface area (Å²) < 4.78 is 5.08. The smallest absolute Gasteiger partial charge is 0.0673 e. The van der Waals surface area contributed by atoms with E-state index in [1.54, 1.807) is 0 Å². The van der Waals surface area contributed by atoms with Gasteiger partial charge in [0.15, 0.2) is 0 Å². The molecule has 0 heterocycles. The molecule has 0 aromatic heterocycles. The zero-order valence-electron chi connectivity index (χ0n) is 5.61. The Morgan fingerprint density at radius 3 is 2.75 bits per heavy atom. The Hall–Kier alpha value is -0.300. The molecule has 0 aliphatic rings. The van der Waals surface area contributed by atoms with Crippen LogP contribution in [-0.4, -0.2) is 13.2 Å². The summed E-state index contributed by atoms with van der Waals surface area (Å²) in [7, 11) is 0. The summed E-state index contributed by atoms with van der Waals surface area (Å²) in [4.78, 5) is 0. The number of hydrogen-bond donors (Lipinski definition) is 0. The van der Waals surface area contributed by atoms with Crippen LogP contribution in [0.25, 0.3) is 0 Å². The highest BCUT2D eigenvalue weighted by Gasteiger charge is 1.82. The minimum atomic E-state index is 0.722. The van der Waals surface area contributed by atoms with E-state index in [9.17, 15) is 0 Å². The Labute approximate surface area is 51.4 Å². The molecule has 1 nitrogen and oxygen atoms in total. The minimum Gasteiger partial charge on any atom is -0.377 e. The SMILES string of the molecule is [CH2]/C=C(\C)COCC. The molecule has 0 atom stereocenters. The second kappa shape index (κ2) is 4.85. The van der Waals surface area contributed by atoms with Crippen LogP contribution in [0.4, 0.5) is 0 Å². The maximum Gasteiger partial charge on any atom is 0.0673 e. The van der Waals surface area contributed by atoms with E-state index in [0.29, 0.717) is 0 Å². The van der Waals surface area contributed by atoms with E-state index < -0.39 is 0 Å². The molecular formula is C7H13O. The fraction of sp³-hybridized carbons (Fsp3) is 0.571. The lowest BCUT2D eigenvalue weighted by Gasteiger charge is -1.97. The molecule has 0 aliphatic carbocycles. The van der Waals surface area contributed by atoms with Crippen molar-refractivity contribution in [1.82, 2.24) is 0 Å². The normalized spacial score (nSPS) is 12.1. The first kappa shape index (κ1) is 7.70. The van der Waals surface area contributed by atoms with Crippen molar-refractivity contribution in [3.05, 3.63) is 18.6 Å². The predicted molar refractivity (Wildman–Crippen MR) is 35.6 cm³/mol. The van der Waals surface area contributed by atoms with Gasteiger partial charge in [0.25, 0.3) is 0 Å². The molecule has 8 heavy (non-hydrogen) atoms. The van der Waals surface area contributed by atoms with Crippen LogP contribution >= 0.6 is 0 Å². The van der Waals surface area contributed by atoms with Crippen molar-refractivity contribution in [3.63, 3.8) is 0 Å². The fourth-order valence-corrected chi connectivity index (χ4v) is 0.322. The van der Waals surface area contributed by atoms with Gasteiger partial charge in [-0.05, 0) is 20.8 Å². The van der Waals surface area contributed by atoms with Crippen LogP contribution in [0.2, 0.25) is 0 Å². The average Bonchev–Trinajstić information content (AvgIpc) is 1.83. The van der Waals surface area contributed by atoms with Gasteiger partial charge >= 0.3 is 0 Å². The van der Waals surface area contributed by atoms with Crippen LogP contribution in [-0.2, 0) is 4.74 Å². The highest BCUT2D eigenvalue weighted by atomic mass is 16.5. The molecule has 0 unspecified atom stereocenters. The number of ether oxygens (including phenoxy) is 1. The van der Waals surface area contributed by atoms with E-state index in [4.69, 9.17) is 4.74 Å². The molecule has 0 amide bonds. The van der Waals surface area contributed by atoms with Crippen molar-refractivity contribution in [2.24, 2.45) is 0 Å². The lowest BCUT2D eigenvalue weighted by Crippen LogP contribution is -1.93. The molecule has 47 valence electrons. The molecular weight excluding hydrogens is 100 g/mol. The Morgan fingerprint density at radius 2 is 2.38 bits per heavy atom. The zero-order valence-corrected chi connectivity index (χ0v) is 5.61. The molecule has 0 rings (SSSR count). The van der Waals surface area contributed by atoms with Crippen molar-refractivity contribution >= 4 is 0 Å². The lowest BCUT2D eigenvalue weighted by molar-refractivity contribution is 0.171. The quantitative estimate of drug-likeness (QED) is 0.542. The molecule has 1 radical (unpaired) electrons. The molecule has 0 N–H and O–H groups in total. The van der Waals surface area contributed by atoms with Crippen LogP contribution in [0.1, 0.15) is 13.8 Å². The van der Waals surface area contributed by atoms with Gasteiger partial charge in [0.2, 0.25) is 0 Å². The standard InChI is InChI=1S/C7H13O/c1-4-7(3)6-8-5-2/h4H,1,5-6H2,2-3H3/b7-4+. The van der Waals surface area contributed by atoms with Gasteiger partial charge in [-0.2, -0.15) is 0 Å². The van der Waals surface area contributed by atoms with Crippen molar-refractivity contribution in [2.75, 3.05) is 13.2 Å². The number of rotatable bonds is 3. The van der Waals surface area contributed by atoms with Crippen LogP contribution in [0.15, 0.2) is 11.6 Å². The monoisotopic (exact) mass is 113 g/mol. The first-order chi connectivity index (χ1) is 3.81. The van der Waals surface area contributed by atoms with E-state index in [-0.39, 0.29) is 0 Å². The first-order valence-electron chi connectivity index (χ1n) is 2.83. The highest BCUT2D eigenvalue weighted by Crippen LogP contribution is 1.90. The third-order valence-corrected chi connectivity index (χ3v) is 0.882. The third kappa shape index (κ3) is 3.88. The molecule has 0 saturated carbocycles. The fourth-order valence-electron chi connectivity index (χ4n) is 0.322. The molecule has 0 spiro atoms. The van der Waals surface area contributed by atoms with Gasteiger partial charge in [0.05, 0.1) is 6.61 Å². The minimum absolute atomic E-state index is 0.722. The maximum absolute atomic E-state index is 5.08. The maximum atomic E-state index is 5.08. The lowest BCUT2D eigenvalue weighted by atomic mass is 10.3. The number of allylic oxidation sites excluding steroid dienone is 1. The molecule has 0 bridgehead atoms. The summed E-state index contributed by atoms with van der Waals surface area (Å²) in [5.74, 6) is 0. The second-order valence-corrected chi connectivity index (χ2v) is 1.69. The van der Waals surface area contributed by atoms with Crippen molar-refractivity contribution in [3.8, 4) is 0 Å². The highest BCUT2D eigenvalue weighted by molar-refractivity contribution is 4.99. The largest absolute Gasteiger partial charge is 0.377 e. The molecule has 0 aliphatic heterocycles. The number of hydrogen-bond acceptors (Lipinski definition) is 1. The van der Waals surface area contributed by atoms with Crippen LogP contribution in [0, 0.1) is 6.92 Å². The average molecular weight is 113 g/mol. The van der Waals surface area contributed by atoms with E-state index in [0.717, 1.165) is 13.2 Å². The molecule has 0 saturated heterocycles. The Balaban J connectivity index is 3.12. The van der Waals surface area contributed by atoms with Gasteiger partial charge in [-0.25, -0.2) is 0 Å². The molecule has 0 aromatic carbocycles. The van der Waals surface area contributed by atoms with Gasteiger partial charge in [-0.3, -0.25) is 0 Å². The molecule has 0 fully saturated rings. The molecule has 0 aromatic rings. The summed E-state index contributed by atoms with van der Waals surface area (Å²) in [6.45, 7) is 9.09. The third-order valence-electron chi connectivity index (χ3n) is 0.882. The van der Waals surface area contributed by atoms with E-state index in [2.05, 4.69) is 6.92 Å². The van der Waals surface area contributed by atoms with Crippen LogP contribution in [0.5, 0.6) is 0 Å². The Morgan fingerprint density at radius 1 is 1.75 bits per heavy atom. The van der Waals surface area contributed by atoms with E-state index in [1.165, 1.54) is 5.57 Å². The summed E-state index contributed by atoms with van der Waals surface area (Å²) >= 11 is 0. The van der Waals surface area contributed by atoms with Crippen molar-refractivity contribution in [1.29, 1.82) is 0 Å². The Bertz CT molecular complexity index is 74.5. The summed E-state index contributed by atoms with van der Waals surface area (Å²) in [6, 6.07) is 0. The summed E-state index contributed by atoms with van der Waals surface area (Å²) in [6.07, 6.45) is 1.82. The van der Waals surface area contributed by atoms with E-state index in [1.807, 2.05) is 19.9 Å². The van der Waals surface area contributed by atoms with Gasteiger partial charge in [0.1, 0.15) is 0 Å². The summed E-state index contributed by atoms with van der Waals surface area (Å²) in [5.41, 5.74) is 1.19. The topological polar surface area (TPSA) is 9.23 Å². The first-order valence-corrected chi connectivity index (χ1v) is 2.83. The van der Waals surface area contributed by atoms with Gasteiger partial charge in [0, 0.05) is 6.61 Å². The molecule has 1 heteroatoms. The van der Waals surface area contributed by atoms with Gasteiger partial charge in [-0.15, -0.1) is 0 Å². The van der Waals surface area contributed by atoms with Crippen molar-refractivity contribution in [2.45, 2.75) is 13.8 Å². The summed E-state index contributed by atoms with van der Waals surface area (Å²) in [5, 5.41) is 0. The van der Waals surface area contributed by atoms with Gasteiger partial charge < -0.3 is 4.74 Å².